The SMILES string of the molecule is CC(C)C1CCCCC1Nc1cccc(Cl)c1. The molecule has 1 aliphatic carbocycles. The highest BCUT2D eigenvalue weighted by molar-refractivity contribution is 6.30. The number of hydrogen-bond donors (Lipinski definition) is 1. The molecule has 0 aliphatic heterocycles. The summed E-state index contributed by atoms with van der Waals surface area (Å²) in [4.78, 5) is 0. The molecule has 2 rings (SSSR count). The number of rotatable bonds is 3. The van der Waals surface area contributed by atoms with E-state index in [1.807, 2.05) is 18.2 Å². The summed E-state index contributed by atoms with van der Waals surface area (Å²) in [5.41, 5.74) is 1.16. The Balaban J connectivity index is 2.05. The van der Waals surface area contributed by atoms with Crippen LogP contribution in [-0.2, 0) is 0 Å². The van der Waals surface area contributed by atoms with Gasteiger partial charge in [0.2, 0.25) is 0 Å². The summed E-state index contributed by atoms with van der Waals surface area (Å²) in [6, 6.07) is 8.68. The van der Waals surface area contributed by atoms with Crippen molar-refractivity contribution in [1.29, 1.82) is 0 Å². The molecule has 1 aromatic rings. The zero-order valence-corrected chi connectivity index (χ0v) is 11.5. The van der Waals surface area contributed by atoms with E-state index in [1.165, 1.54) is 25.7 Å². The molecule has 0 bridgehead atoms. The monoisotopic (exact) mass is 251 g/mol. The van der Waals surface area contributed by atoms with E-state index in [0.29, 0.717) is 6.04 Å². The van der Waals surface area contributed by atoms with Crippen molar-refractivity contribution in [3.05, 3.63) is 29.3 Å². The lowest BCUT2D eigenvalue weighted by molar-refractivity contribution is 0.254. The maximum Gasteiger partial charge on any atom is 0.0426 e. The molecule has 2 heteroatoms. The van der Waals surface area contributed by atoms with E-state index in [0.717, 1.165) is 22.5 Å². The van der Waals surface area contributed by atoms with Crippen LogP contribution in [0.2, 0.25) is 5.02 Å². The average Bonchev–Trinajstić information content (AvgIpc) is 2.29. The van der Waals surface area contributed by atoms with Crippen molar-refractivity contribution >= 4 is 17.3 Å². The zero-order valence-electron chi connectivity index (χ0n) is 10.7. The molecule has 17 heavy (non-hydrogen) atoms. The Kier molecular flexibility index (Phi) is 4.33. The van der Waals surface area contributed by atoms with Crippen molar-refractivity contribution in [2.75, 3.05) is 5.32 Å². The standard InChI is InChI=1S/C15H22ClN/c1-11(2)14-8-3-4-9-15(14)17-13-7-5-6-12(16)10-13/h5-7,10-11,14-15,17H,3-4,8-9H2,1-2H3. The molecule has 1 N–H and O–H groups in total. The van der Waals surface area contributed by atoms with Crippen LogP contribution in [0.4, 0.5) is 5.69 Å². The molecular formula is C15H22ClN. The molecule has 94 valence electrons. The third-order valence-electron chi connectivity index (χ3n) is 3.85. The third kappa shape index (κ3) is 3.38. The third-order valence-corrected chi connectivity index (χ3v) is 4.09. The van der Waals surface area contributed by atoms with E-state index in [-0.39, 0.29) is 0 Å². The second-order valence-electron chi connectivity index (χ2n) is 5.45. The summed E-state index contributed by atoms with van der Waals surface area (Å²) in [6.07, 6.45) is 5.38. The van der Waals surface area contributed by atoms with E-state index in [4.69, 9.17) is 11.6 Å². The zero-order chi connectivity index (χ0) is 12.3. The van der Waals surface area contributed by atoms with Crippen LogP contribution in [0.25, 0.3) is 0 Å². The molecule has 0 amide bonds. The second kappa shape index (κ2) is 5.77. The maximum atomic E-state index is 6.02. The molecule has 1 aliphatic rings. The molecule has 0 heterocycles. The summed E-state index contributed by atoms with van der Waals surface area (Å²) in [5.74, 6) is 1.55. The van der Waals surface area contributed by atoms with Gasteiger partial charge >= 0.3 is 0 Å². The van der Waals surface area contributed by atoms with Crippen LogP contribution in [-0.4, -0.2) is 6.04 Å². The minimum atomic E-state index is 0.613. The fourth-order valence-electron chi connectivity index (χ4n) is 2.93. The molecule has 0 spiro atoms. The summed E-state index contributed by atoms with van der Waals surface area (Å²) in [6.45, 7) is 4.67. The Morgan fingerprint density at radius 2 is 2.00 bits per heavy atom. The van der Waals surface area contributed by atoms with Gasteiger partial charge in [-0.1, -0.05) is 44.4 Å². The van der Waals surface area contributed by atoms with Gasteiger partial charge in [-0.3, -0.25) is 0 Å². The van der Waals surface area contributed by atoms with E-state index in [9.17, 15) is 0 Å². The van der Waals surface area contributed by atoms with E-state index in [1.54, 1.807) is 0 Å². The first-order valence-electron chi connectivity index (χ1n) is 6.69. The van der Waals surface area contributed by atoms with Crippen LogP contribution >= 0.6 is 11.6 Å². The first kappa shape index (κ1) is 12.8. The lowest BCUT2D eigenvalue weighted by Crippen LogP contribution is -2.35. The van der Waals surface area contributed by atoms with Crippen LogP contribution < -0.4 is 5.32 Å². The van der Waals surface area contributed by atoms with Crippen LogP contribution in [0.1, 0.15) is 39.5 Å². The number of anilines is 1. The van der Waals surface area contributed by atoms with Crippen molar-refractivity contribution in [3.63, 3.8) is 0 Å². The Morgan fingerprint density at radius 3 is 2.71 bits per heavy atom. The topological polar surface area (TPSA) is 12.0 Å². The maximum absolute atomic E-state index is 6.02. The lowest BCUT2D eigenvalue weighted by atomic mass is 9.78. The van der Waals surface area contributed by atoms with Gasteiger partial charge in [-0.15, -0.1) is 0 Å². The molecular weight excluding hydrogens is 230 g/mol. The molecule has 1 fully saturated rings. The van der Waals surface area contributed by atoms with Gasteiger partial charge in [-0.25, -0.2) is 0 Å². The van der Waals surface area contributed by atoms with Gasteiger partial charge in [-0.05, 0) is 42.9 Å². The van der Waals surface area contributed by atoms with Crippen LogP contribution in [0.5, 0.6) is 0 Å². The normalized spacial score (nSPS) is 24.9. The fourth-order valence-corrected chi connectivity index (χ4v) is 3.12. The van der Waals surface area contributed by atoms with Gasteiger partial charge in [0, 0.05) is 16.8 Å². The quantitative estimate of drug-likeness (QED) is 0.800. The molecule has 1 aromatic carbocycles. The number of benzene rings is 1. The molecule has 1 saturated carbocycles. The van der Waals surface area contributed by atoms with Gasteiger partial charge in [-0.2, -0.15) is 0 Å². The highest BCUT2D eigenvalue weighted by Gasteiger charge is 2.27. The summed E-state index contributed by atoms with van der Waals surface area (Å²) < 4.78 is 0. The predicted octanol–water partition coefficient (Wildman–Crippen LogP) is 4.97. The number of halogens is 1. The van der Waals surface area contributed by atoms with E-state index >= 15 is 0 Å². The summed E-state index contributed by atoms with van der Waals surface area (Å²) >= 11 is 6.02. The number of nitrogens with one attached hydrogen (secondary N) is 1. The van der Waals surface area contributed by atoms with Gasteiger partial charge in [0.15, 0.2) is 0 Å². The highest BCUT2D eigenvalue weighted by Crippen LogP contribution is 2.32. The Labute approximate surface area is 110 Å². The van der Waals surface area contributed by atoms with Crippen molar-refractivity contribution in [2.24, 2.45) is 11.8 Å². The minimum Gasteiger partial charge on any atom is -0.382 e. The second-order valence-corrected chi connectivity index (χ2v) is 5.89. The Hall–Kier alpha value is -0.690. The molecule has 1 nitrogen and oxygen atoms in total. The first-order valence-corrected chi connectivity index (χ1v) is 7.06. The van der Waals surface area contributed by atoms with E-state index < -0.39 is 0 Å². The Bertz CT molecular complexity index is 362. The van der Waals surface area contributed by atoms with Gasteiger partial charge < -0.3 is 5.32 Å². The largest absolute Gasteiger partial charge is 0.382 e. The van der Waals surface area contributed by atoms with Crippen molar-refractivity contribution < 1.29 is 0 Å². The predicted molar refractivity (Wildman–Crippen MR) is 75.7 cm³/mol. The highest BCUT2D eigenvalue weighted by atomic mass is 35.5. The van der Waals surface area contributed by atoms with Gasteiger partial charge in [0.1, 0.15) is 0 Å². The van der Waals surface area contributed by atoms with Crippen LogP contribution in [0, 0.1) is 11.8 Å². The smallest absolute Gasteiger partial charge is 0.0426 e. The van der Waals surface area contributed by atoms with Crippen molar-refractivity contribution in [3.8, 4) is 0 Å². The van der Waals surface area contributed by atoms with Gasteiger partial charge in [0.25, 0.3) is 0 Å². The van der Waals surface area contributed by atoms with Gasteiger partial charge in [0.05, 0.1) is 0 Å². The van der Waals surface area contributed by atoms with Crippen molar-refractivity contribution in [1.82, 2.24) is 0 Å². The minimum absolute atomic E-state index is 0.613. The average molecular weight is 252 g/mol. The Morgan fingerprint density at radius 1 is 1.24 bits per heavy atom. The number of hydrogen-bond acceptors (Lipinski definition) is 1. The molecule has 0 radical (unpaired) electrons. The molecule has 2 unspecified atom stereocenters. The van der Waals surface area contributed by atoms with Crippen molar-refractivity contribution in [2.45, 2.75) is 45.6 Å². The molecule has 0 aromatic heterocycles. The van der Waals surface area contributed by atoms with Crippen LogP contribution in [0.15, 0.2) is 24.3 Å². The molecule has 0 saturated heterocycles. The molecule has 2 atom stereocenters. The summed E-state index contributed by atoms with van der Waals surface area (Å²) in [7, 11) is 0. The first-order chi connectivity index (χ1) is 8.16. The lowest BCUT2D eigenvalue weighted by Gasteiger charge is -2.35. The van der Waals surface area contributed by atoms with E-state index in [2.05, 4.69) is 25.2 Å². The van der Waals surface area contributed by atoms with Crippen LogP contribution in [0.3, 0.4) is 0 Å². The summed E-state index contributed by atoms with van der Waals surface area (Å²) in [5, 5.41) is 4.48. The fraction of sp³-hybridized carbons (Fsp3) is 0.600.